The lowest BCUT2D eigenvalue weighted by molar-refractivity contribution is -0.117. The van der Waals surface area contributed by atoms with E-state index in [0.717, 1.165) is 23.8 Å². The molecule has 0 saturated heterocycles. The van der Waals surface area contributed by atoms with Gasteiger partial charge in [-0.15, -0.1) is 0 Å². The lowest BCUT2D eigenvalue weighted by atomic mass is 9.97. The molecule has 4 nitrogen and oxygen atoms in total. The van der Waals surface area contributed by atoms with Crippen LogP contribution < -0.4 is 5.32 Å². The van der Waals surface area contributed by atoms with Crippen LogP contribution in [0.5, 0.6) is 0 Å². The van der Waals surface area contributed by atoms with Crippen LogP contribution in [0.4, 0.5) is 10.1 Å². The van der Waals surface area contributed by atoms with Gasteiger partial charge in [0, 0.05) is 11.3 Å². The first-order valence-corrected chi connectivity index (χ1v) is 7.06. The molecule has 0 radical (unpaired) electrons. The van der Waals surface area contributed by atoms with Crippen LogP contribution in [0, 0.1) is 30.0 Å². The van der Waals surface area contributed by atoms with Gasteiger partial charge < -0.3 is 5.32 Å². The van der Waals surface area contributed by atoms with E-state index in [2.05, 4.69) is 5.32 Å². The fourth-order valence-electron chi connectivity index (χ4n) is 2.02. The van der Waals surface area contributed by atoms with Crippen molar-refractivity contribution >= 4 is 29.0 Å². The van der Waals surface area contributed by atoms with Crippen molar-refractivity contribution in [2.75, 3.05) is 5.32 Å². The van der Waals surface area contributed by atoms with Crippen molar-refractivity contribution in [1.82, 2.24) is 0 Å². The second-order valence-corrected chi connectivity index (χ2v) is 5.32. The number of hydrogen-bond acceptors (Lipinski definition) is 3. The Morgan fingerprint density at radius 3 is 2.61 bits per heavy atom. The van der Waals surface area contributed by atoms with Gasteiger partial charge in [0.15, 0.2) is 11.7 Å². The van der Waals surface area contributed by atoms with Crippen LogP contribution in [0.2, 0.25) is 5.02 Å². The maximum atomic E-state index is 13.0. The fourth-order valence-corrected chi connectivity index (χ4v) is 2.28. The van der Waals surface area contributed by atoms with E-state index in [-0.39, 0.29) is 10.6 Å². The van der Waals surface area contributed by atoms with Crippen molar-refractivity contribution in [3.8, 4) is 6.07 Å². The van der Waals surface area contributed by atoms with Crippen LogP contribution in [-0.2, 0) is 4.79 Å². The third-order valence-electron chi connectivity index (χ3n) is 3.14. The van der Waals surface area contributed by atoms with Crippen LogP contribution in [-0.4, -0.2) is 11.7 Å². The van der Waals surface area contributed by atoms with E-state index >= 15 is 0 Å². The average Bonchev–Trinajstić information content (AvgIpc) is 2.47. The van der Waals surface area contributed by atoms with Gasteiger partial charge in [0.05, 0.1) is 11.1 Å². The molecule has 0 aliphatic carbocycles. The van der Waals surface area contributed by atoms with Gasteiger partial charge in [-0.1, -0.05) is 23.7 Å². The average molecular weight is 331 g/mol. The SMILES string of the molecule is Cc1cccc(NC(=O)[C@@H](C#N)C(=O)c2ccc(F)cc2Cl)c1. The number of anilines is 1. The summed E-state index contributed by atoms with van der Waals surface area (Å²) < 4.78 is 13.0. The number of rotatable bonds is 4. The first kappa shape index (κ1) is 16.7. The van der Waals surface area contributed by atoms with Crippen LogP contribution in [0.15, 0.2) is 42.5 Å². The van der Waals surface area contributed by atoms with Gasteiger partial charge in [0.2, 0.25) is 5.91 Å². The van der Waals surface area contributed by atoms with Gasteiger partial charge in [0.1, 0.15) is 5.82 Å². The largest absolute Gasteiger partial charge is 0.325 e. The summed E-state index contributed by atoms with van der Waals surface area (Å²) in [5.74, 6) is -3.71. The Hall–Kier alpha value is -2.71. The molecule has 0 spiro atoms. The summed E-state index contributed by atoms with van der Waals surface area (Å²) in [7, 11) is 0. The highest BCUT2D eigenvalue weighted by atomic mass is 35.5. The number of nitrogens with one attached hydrogen (secondary N) is 1. The Kier molecular flexibility index (Phi) is 5.09. The van der Waals surface area contributed by atoms with E-state index in [1.54, 1.807) is 24.3 Å². The third kappa shape index (κ3) is 3.93. The second-order valence-electron chi connectivity index (χ2n) is 4.91. The highest BCUT2D eigenvalue weighted by Gasteiger charge is 2.29. The molecule has 2 aromatic carbocycles. The van der Waals surface area contributed by atoms with Gasteiger partial charge in [0.25, 0.3) is 0 Å². The van der Waals surface area contributed by atoms with Gasteiger partial charge in [-0.3, -0.25) is 9.59 Å². The molecule has 0 bridgehead atoms. The molecule has 2 rings (SSSR count). The summed E-state index contributed by atoms with van der Waals surface area (Å²) in [4.78, 5) is 24.5. The van der Waals surface area contributed by atoms with Crippen LogP contribution in [0.1, 0.15) is 15.9 Å². The second kappa shape index (κ2) is 7.03. The van der Waals surface area contributed by atoms with Crippen molar-refractivity contribution in [2.45, 2.75) is 6.92 Å². The molecule has 0 heterocycles. The summed E-state index contributed by atoms with van der Waals surface area (Å²) >= 11 is 5.81. The molecule has 2 aromatic rings. The van der Waals surface area contributed by atoms with Crippen molar-refractivity contribution in [3.63, 3.8) is 0 Å². The standard InChI is InChI=1S/C17H12ClFN2O2/c1-10-3-2-4-12(7-10)21-17(23)14(9-20)16(22)13-6-5-11(19)8-15(13)18/h2-8,14H,1H3,(H,21,23)/t14-/m0/s1. The molecule has 116 valence electrons. The van der Waals surface area contributed by atoms with Gasteiger partial charge in [-0.25, -0.2) is 4.39 Å². The number of carbonyl (C=O) groups is 2. The molecule has 0 unspecified atom stereocenters. The van der Waals surface area contributed by atoms with Gasteiger partial charge in [-0.05, 0) is 42.8 Å². The zero-order valence-electron chi connectivity index (χ0n) is 12.1. The molecular formula is C17H12ClFN2O2. The smallest absolute Gasteiger partial charge is 0.249 e. The van der Waals surface area contributed by atoms with Crippen molar-refractivity contribution < 1.29 is 14.0 Å². The molecular weight excluding hydrogens is 319 g/mol. The minimum Gasteiger partial charge on any atom is -0.325 e. The van der Waals surface area contributed by atoms with Crippen molar-refractivity contribution in [3.05, 3.63) is 64.4 Å². The monoisotopic (exact) mass is 330 g/mol. The zero-order chi connectivity index (χ0) is 17.0. The lowest BCUT2D eigenvalue weighted by Crippen LogP contribution is -2.29. The highest BCUT2D eigenvalue weighted by molar-refractivity contribution is 6.35. The number of aryl methyl sites for hydroxylation is 1. The van der Waals surface area contributed by atoms with Crippen LogP contribution in [0.3, 0.4) is 0 Å². The Bertz CT molecular complexity index is 814. The molecule has 0 saturated carbocycles. The van der Waals surface area contributed by atoms with E-state index in [4.69, 9.17) is 16.9 Å². The van der Waals surface area contributed by atoms with E-state index in [1.807, 2.05) is 13.0 Å². The molecule has 6 heteroatoms. The predicted octanol–water partition coefficient (Wildman–Crippen LogP) is 3.75. The summed E-state index contributed by atoms with van der Waals surface area (Å²) in [6, 6.07) is 11.8. The van der Waals surface area contributed by atoms with Gasteiger partial charge in [-0.2, -0.15) is 5.26 Å². The quantitative estimate of drug-likeness (QED) is 0.685. The Labute approximate surface area is 137 Å². The summed E-state index contributed by atoms with van der Waals surface area (Å²) in [5, 5.41) is 11.5. The number of carbonyl (C=O) groups excluding carboxylic acids is 2. The number of amides is 1. The molecule has 0 fully saturated rings. The number of halogens is 2. The molecule has 1 atom stereocenters. The van der Waals surface area contributed by atoms with E-state index in [0.29, 0.717) is 5.69 Å². The maximum absolute atomic E-state index is 13.0. The number of nitrogens with zero attached hydrogens (tertiary/aromatic N) is 1. The minimum atomic E-state index is -1.57. The lowest BCUT2D eigenvalue weighted by Gasteiger charge is -2.11. The highest BCUT2D eigenvalue weighted by Crippen LogP contribution is 2.21. The summed E-state index contributed by atoms with van der Waals surface area (Å²) in [5.41, 5.74) is 1.33. The third-order valence-corrected chi connectivity index (χ3v) is 3.45. The maximum Gasteiger partial charge on any atom is 0.249 e. The summed E-state index contributed by atoms with van der Waals surface area (Å²) in [6.07, 6.45) is 0. The Morgan fingerprint density at radius 2 is 2.00 bits per heavy atom. The Morgan fingerprint density at radius 1 is 1.26 bits per heavy atom. The van der Waals surface area contributed by atoms with E-state index in [1.165, 1.54) is 0 Å². The number of hydrogen-bond donors (Lipinski definition) is 1. The molecule has 1 N–H and O–H groups in total. The van der Waals surface area contributed by atoms with Crippen LogP contribution >= 0.6 is 11.6 Å². The van der Waals surface area contributed by atoms with Gasteiger partial charge >= 0.3 is 0 Å². The first-order valence-electron chi connectivity index (χ1n) is 6.69. The molecule has 1 amide bonds. The topological polar surface area (TPSA) is 70.0 Å². The number of benzene rings is 2. The zero-order valence-corrected chi connectivity index (χ0v) is 12.9. The van der Waals surface area contributed by atoms with Crippen LogP contribution in [0.25, 0.3) is 0 Å². The van der Waals surface area contributed by atoms with Crippen molar-refractivity contribution in [1.29, 1.82) is 5.26 Å². The Balaban J connectivity index is 2.23. The fraction of sp³-hybridized carbons (Fsp3) is 0.118. The predicted molar refractivity (Wildman–Crippen MR) is 84.7 cm³/mol. The molecule has 0 aliphatic heterocycles. The molecule has 0 aliphatic rings. The number of ketones is 1. The number of nitriles is 1. The summed E-state index contributed by atoms with van der Waals surface area (Å²) in [6.45, 7) is 1.85. The molecule has 0 aromatic heterocycles. The van der Waals surface area contributed by atoms with E-state index < -0.39 is 23.4 Å². The molecule has 23 heavy (non-hydrogen) atoms. The van der Waals surface area contributed by atoms with Crippen molar-refractivity contribution in [2.24, 2.45) is 5.92 Å². The first-order chi connectivity index (χ1) is 10.9. The minimum absolute atomic E-state index is 0.0704. The van der Waals surface area contributed by atoms with E-state index in [9.17, 15) is 14.0 Å². The number of Topliss-reactive ketones (excluding diaryl/α,β-unsaturated/α-hetero) is 1. The normalized spacial score (nSPS) is 11.4.